The fraction of sp³-hybridized carbons (Fsp3) is 0.462. The molecule has 0 spiro atoms. The maximum Gasteiger partial charge on any atom is 0.317 e. The average molecular weight is 202 g/mol. The van der Waals surface area contributed by atoms with Crippen molar-refractivity contribution in [2.24, 2.45) is 5.41 Å². The predicted molar refractivity (Wildman–Crippen MR) is 56.5 cm³/mol. The van der Waals surface area contributed by atoms with Gasteiger partial charge in [-0.1, -0.05) is 31.2 Å². The number of benzene rings is 1. The Labute approximate surface area is 89.2 Å². The number of carbonyl (C=O) groups excluding carboxylic acids is 1. The number of aryl methyl sites for hydroxylation is 1. The van der Waals surface area contributed by atoms with Gasteiger partial charge >= 0.3 is 5.97 Å². The Morgan fingerprint density at radius 1 is 1.33 bits per heavy atom. The predicted octanol–water partition coefficient (Wildman–Crippen LogP) is 2.20. The summed E-state index contributed by atoms with van der Waals surface area (Å²) in [7, 11) is 0. The highest BCUT2D eigenvalue weighted by Gasteiger charge is 2.75. The molecular weight excluding hydrogens is 188 g/mol. The van der Waals surface area contributed by atoms with Gasteiger partial charge < -0.3 is 4.74 Å². The van der Waals surface area contributed by atoms with Crippen LogP contribution in [0.1, 0.15) is 24.5 Å². The Morgan fingerprint density at radius 2 is 2.07 bits per heavy atom. The summed E-state index contributed by atoms with van der Waals surface area (Å²) in [5, 5.41) is 0. The summed E-state index contributed by atoms with van der Waals surface area (Å²) in [4.78, 5) is 11.9. The molecule has 0 unspecified atom stereocenters. The number of rotatable bonds is 1. The van der Waals surface area contributed by atoms with E-state index in [-0.39, 0.29) is 16.8 Å². The van der Waals surface area contributed by atoms with Crippen LogP contribution < -0.4 is 0 Å². The van der Waals surface area contributed by atoms with Gasteiger partial charge in [-0.25, -0.2) is 0 Å². The minimum absolute atomic E-state index is 0.0284. The van der Waals surface area contributed by atoms with Gasteiger partial charge in [0.05, 0.1) is 6.61 Å². The van der Waals surface area contributed by atoms with E-state index >= 15 is 0 Å². The third-order valence-electron chi connectivity index (χ3n) is 4.04. The van der Waals surface area contributed by atoms with Crippen LogP contribution in [-0.4, -0.2) is 12.6 Å². The summed E-state index contributed by atoms with van der Waals surface area (Å²) in [5.74, 6) is -0.0284. The normalized spacial score (nSPS) is 37.3. The number of esters is 1. The highest BCUT2D eigenvalue weighted by Crippen LogP contribution is 2.69. The van der Waals surface area contributed by atoms with E-state index in [0.29, 0.717) is 6.61 Å². The number of carbonyl (C=O) groups is 1. The maximum atomic E-state index is 11.9. The Hall–Kier alpha value is -1.31. The lowest BCUT2D eigenvalue weighted by molar-refractivity contribution is -0.142. The summed E-state index contributed by atoms with van der Waals surface area (Å²) in [5.41, 5.74) is 2.09. The van der Waals surface area contributed by atoms with Crippen LogP contribution in [-0.2, 0) is 14.9 Å². The third-order valence-corrected chi connectivity index (χ3v) is 4.04. The van der Waals surface area contributed by atoms with Gasteiger partial charge in [0, 0.05) is 5.41 Å². The summed E-state index contributed by atoms with van der Waals surface area (Å²) in [6, 6.07) is 8.14. The molecule has 0 bridgehead atoms. The van der Waals surface area contributed by atoms with Crippen molar-refractivity contribution in [3.63, 3.8) is 0 Å². The van der Waals surface area contributed by atoms with Crippen molar-refractivity contribution in [3.8, 4) is 0 Å². The molecular formula is C13H14O2. The van der Waals surface area contributed by atoms with Gasteiger partial charge in [-0.05, 0) is 24.5 Å². The Balaban J connectivity index is 2.16. The van der Waals surface area contributed by atoms with Crippen LogP contribution in [0.4, 0.5) is 0 Å². The molecule has 0 amide bonds. The fourth-order valence-corrected chi connectivity index (χ4v) is 2.96. The third kappa shape index (κ3) is 0.876. The van der Waals surface area contributed by atoms with Gasteiger partial charge in [-0.15, -0.1) is 0 Å². The number of hydrogen-bond acceptors (Lipinski definition) is 2. The fourth-order valence-electron chi connectivity index (χ4n) is 2.96. The molecule has 15 heavy (non-hydrogen) atoms. The molecule has 0 N–H and O–H groups in total. The molecule has 1 aliphatic carbocycles. The minimum atomic E-state index is -0.321. The molecule has 3 rings (SSSR count). The first-order valence-electron chi connectivity index (χ1n) is 5.33. The molecule has 1 heterocycles. The maximum absolute atomic E-state index is 11.9. The zero-order valence-corrected chi connectivity index (χ0v) is 9.04. The van der Waals surface area contributed by atoms with Crippen LogP contribution >= 0.6 is 0 Å². The zero-order valence-electron chi connectivity index (χ0n) is 9.04. The first-order chi connectivity index (χ1) is 7.10. The quantitative estimate of drug-likeness (QED) is 0.652. The van der Waals surface area contributed by atoms with Crippen LogP contribution in [0.5, 0.6) is 0 Å². The van der Waals surface area contributed by atoms with E-state index in [1.54, 1.807) is 0 Å². The van der Waals surface area contributed by atoms with Crippen molar-refractivity contribution in [1.82, 2.24) is 0 Å². The second-order valence-electron chi connectivity index (χ2n) is 5.03. The molecule has 0 radical (unpaired) electrons. The summed E-state index contributed by atoms with van der Waals surface area (Å²) in [6.45, 7) is 4.79. The lowest BCUT2D eigenvalue weighted by atomic mass is 9.86. The summed E-state index contributed by atoms with van der Waals surface area (Å²) in [6.07, 6.45) is 0.948. The van der Waals surface area contributed by atoms with E-state index < -0.39 is 0 Å². The molecule has 1 saturated carbocycles. The molecule has 2 atom stereocenters. The molecule has 2 nitrogen and oxygen atoms in total. The molecule has 2 aliphatic rings. The zero-order chi connectivity index (χ0) is 10.7. The van der Waals surface area contributed by atoms with Crippen molar-refractivity contribution in [2.75, 3.05) is 6.61 Å². The SMILES string of the molecule is Cc1ccccc1[C@@]12C[C@]1(C)COC2=O. The molecule has 2 fully saturated rings. The molecule has 1 aliphatic heterocycles. The van der Waals surface area contributed by atoms with E-state index in [0.717, 1.165) is 12.0 Å². The molecule has 1 saturated heterocycles. The Morgan fingerprint density at radius 3 is 2.60 bits per heavy atom. The van der Waals surface area contributed by atoms with Crippen molar-refractivity contribution in [1.29, 1.82) is 0 Å². The number of cyclic esters (lactones) is 1. The molecule has 0 aromatic heterocycles. The van der Waals surface area contributed by atoms with E-state index in [1.165, 1.54) is 5.56 Å². The summed E-state index contributed by atoms with van der Waals surface area (Å²) < 4.78 is 5.19. The number of ether oxygens (including phenoxy) is 1. The lowest BCUT2D eigenvalue weighted by Crippen LogP contribution is -2.21. The van der Waals surface area contributed by atoms with Crippen LogP contribution in [0.15, 0.2) is 24.3 Å². The number of fused-ring (bicyclic) bond motifs is 1. The van der Waals surface area contributed by atoms with Gasteiger partial charge in [-0.3, -0.25) is 4.79 Å². The van der Waals surface area contributed by atoms with E-state index in [2.05, 4.69) is 26.0 Å². The largest absolute Gasteiger partial charge is 0.464 e. The first kappa shape index (κ1) is 8.96. The lowest BCUT2D eigenvalue weighted by Gasteiger charge is -2.13. The van der Waals surface area contributed by atoms with Crippen LogP contribution in [0.2, 0.25) is 0 Å². The second-order valence-corrected chi connectivity index (χ2v) is 5.03. The van der Waals surface area contributed by atoms with Gasteiger partial charge in [-0.2, -0.15) is 0 Å². The van der Waals surface area contributed by atoms with E-state index in [9.17, 15) is 4.79 Å². The molecule has 1 aromatic rings. The highest BCUT2D eigenvalue weighted by molar-refractivity contribution is 5.91. The van der Waals surface area contributed by atoms with E-state index in [4.69, 9.17) is 4.74 Å². The minimum Gasteiger partial charge on any atom is -0.464 e. The Bertz CT molecular complexity index is 452. The average Bonchev–Trinajstić information content (AvgIpc) is 2.76. The molecule has 78 valence electrons. The standard InChI is InChI=1S/C13H14O2/c1-9-5-3-4-6-10(9)13-7-12(13,2)8-15-11(13)14/h3-6H,7-8H2,1-2H3/t12-,13-/m1/s1. The van der Waals surface area contributed by atoms with Crippen molar-refractivity contribution < 1.29 is 9.53 Å². The van der Waals surface area contributed by atoms with Crippen molar-refractivity contribution >= 4 is 5.97 Å². The van der Waals surface area contributed by atoms with Crippen molar-refractivity contribution in [3.05, 3.63) is 35.4 Å². The van der Waals surface area contributed by atoms with E-state index in [1.807, 2.05) is 12.1 Å². The smallest absolute Gasteiger partial charge is 0.317 e. The van der Waals surface area contributed by atoms with Crippen LogP contribution in [0, 0.1) is 12.3 Å². The van der Waals surface area contributed by atoms with Gasteiger partial charge in [0.15, 0.2) is 0 Å². The summed E-state index contributed by atoms with van der Waals surface area (Å²) >= 11 is 0. The van der Waals surface area contributed by atoms with Gasteiger partial charge in [0.1, 0.15) is 5.41 Å². The molecule has 2 heteroatoms. The Kier molecular flexibility index (Phi) is 1.45. The second kappa shape index (κ2) is 2.43. The van der Waals surface area contributed by atoms with Crippen LogP contribution in [0.3, 0.4) is 0 Å². The van der Waals surface area contributed by atoms with Gasteiger partial charge in [0.25, 0.3) is 0 Å². The monoisotopic (exact) mass is 202 g/mol. The van der Waals surface area contributed by atoms with Crippen LogP contribution in [0.25, 0.3) is 0 Å². The number of hydrogen-bond donors (Lipinski definition) is 0. The van der Waals surface area contributed by atoms with Gasteiger partial charge in [0.2, 0.25) is 0 Å². The topological polar surface area (TPSA) is 26.3 Å². The highest BCUT2D eigenvalue weighted by atomic mass is 16.5. The van der Waals surface area contributed by atoms with Crippen molar-refractivity contribution in [2.45, 2.75) is 25.7 Å². The molecule has 1 aromatic carbocycles. The first-order valence-corrected chi connectivity index (χ1v) is 5.33.